The minimum absolute atomic E-state index is 0. The van der Waals surface area contributed by atoms with Gasteiger partial charge in [-0.2, -0.15) is 9.59 Å². The van der Waals surface area contributed by atoms with Crippen molar-refractivity contribution in [1.82, 2.24) is 0 Å². The summed E-state index contributed by atoms with van der Waals surface area (Å²) >= 11 is 0. The summed E-state index contributed by atoms with van der Waals surface area (Å²) in [6.07, 6.45) is 0.250. The molecule has 0 aliphatic carbocycles. The quantitative estimate of drug-likeness (QED) is 0.306. The van der Waals surface area contributed by atoms with Crippen LogP contribution in [0.3, 0.4) is 0 Å². The van der Waals surface area contributed by atoms with Crippen molar-refractivity contribution in [2.45, 2.75) is 0 Å². The third-order valence-electron chi connectivity index (χ3n) is 0. The average Bonchev–Trinajstić information content (AvgIpc) is 0.918. The van der Waals surface area contributed by atoms with Gasteiger partial charge >= 0.3 is 6.15 Å². The Kier molecular flexibility index (Phi) is 628. The lowest BCUT2D eigenvalue weighted by molar-refractivity contribution is -0.191. The Morgan fingerprint density at radius 2 is 1.00 bits per heavy atom. The van der Waals surface area contributed by atoms with Gasteiger partial charge < -0.3 is 0 Å². The molecule has 0 aromatic rings. The smallest absolute Gasteiger partial charge is 0.186 e. The molecule has 0 aromatic carbocycles. The minimum Gasteiger partial charge on any atom is -0.186 e. The standard InChI is InChI=1S/CO2.B.2H4Si/c2-1-3;;;/h;;2*1H4. The molecule has 0 heterocycles. The molecule has 0 atom stereocenters. The molecule has 3 radical (unpaired) electrons. The van der Waals surface area contributed by atoms with Crippen molar-refractivity contribution in [2.24, 2.45) is 0 Å². The molecule has 0 aliphatic heterocycles. The molecule has 2 nitrogen and oxygen atoms in total. The first-order valence-corrected chi connectivity index (χ1v) is 0.408. The fraction of sp³-hybridized carbons (Fsp3) is 0. The first-order chi connectivity index (χ1) is 1.41. The maximum atomic E-state index is 8.12. The second-order valence-electron chi connectivity index (χ2n) is 0.0833. The van der Waals surface area contributed by atoms with E-state index in [4.69, 9.17) is 9.59 Å². The molecule has 0 N–H and O–H groups in total. The average molecular weight is 119 g/mol. The largest absolute Gasteiger partial charge is 0.373 e. The van der Waals surface area contributed by atoms with Crippen LogP contribution in [0.2, 0.25) is 0 Å². The van der Waals surface area contributed by atoms with Gasteiger partial charge in [0.25, 0.3) is 0 Å². The Morgan fingerprint density at radius 1 is 1.00 bits per heavy atom. The van der Waals surface area contributed by atoms with Gasteiger partial charge in [0, 0.05) is 8.41 Å². The number of rotatable bonds is 0. The third-order valence-corrected chi connectivity index (χ3v) is 0. The molecule has 0 bridgehead atoms. The van der Waals surface area contributed by atoms with E-state index in [0.29, 0.717) is 0 Å². The number of carbonyl (C=O) groups excluding carboxylic acids is 2. The molecule has 0 aliphatic rings. The maximum Gasteiger partial charge on any atom is 0.373 e. The van der Waals surface area contributed by atoms with Crippen LogP contribution in [0.5, 0.6) is 0 Å². The van der Waals surface area contributed by atoms with Crippen LogP contribution in [0.15, 0.2) is 0 Å². The van der Waals surface area contributed by atoms with Gasteiger partial charge in [0.1, 0.15) is 0 Å². The Hall–Kier alpha value is -0.121. The van der Waals surface area contributed by atoms with Crippen molar-refractivity contribution in [3.8, 4) is 0 Å². The normalized spacial score (nSPS) is 1.33. The van der Waals surface area contributed by atoms with Crippen molar-refractivity contribution < 1.29 is 9.59 Å². The van der Waals surface area contributed by atoms with E-state index < -0.39 is 0 Å². The zero-order chi connectivity index (χ0) is 2.71. The summed E-state index contributed by atoms with van der Waals surface area (Å²) in [5.74, 6) is 0. The second kappa shape index (κ2) is 95.1. The van der Waals surface area contributed by atoms with Crippen molar-refractivity contribution >= 4 is 36.5 Å². The van der Waals surface area contributed by atoms with E-state index in [1.807, 2.05) is 0 Å². The Morgan fingerprint density at radius 3 is 1.00 bits per heavy atom. The third kappa shape index (κ3) is 2180. The van der Waals surface area contributed by atoms with E-state index in [0.717, 1.165) is 0 Å². The van der Waals surface area contributed by atoms with Gasteiger partial charge in [-0.25, -0.2) is 0 Å². The fourth-order valence-electron chi connectivity index (χ4n) is 0. The molecular weight excluding hydrogens is 111 g/mol. The molecule has 0 aromatic heterocycles. The lowest BCUT2D eigenvalue weighted by Gasteiger charge is -0.945. The summed E-state index contributed by atoms with van der Waals surface area (Å²) in [6.45, 7) is 0. The predicted octanol–water partition coefficient (Wildman–Crippen LogP) is -3.87. The summed E-state index contributed by atoms with van der Waals surface area (Å²) in [6, 6.07) is 0. The highest BCUT2D eigenvalue weighted by Gasteiger charge is 1.13. The molecule has 0 fully saturated rings. The van der Waals surface area contributed by atoms with Crippen LogP contribution in [0.4, 0.5) is 0 Å². The Balaban J connectivity index is -0.00000000667. The van der Waals surface area contributed by atoms with Gasteiger partial charge in [-0.3, -0.25) is 0 Å². The van der Waals surface area contributed by atoms with Crippen molar-refractivity contribution in [2.75, 3.05) is 0 Å². The maximum absolute atomic E-state index is 8.12. The number of hydrogen-bond donors (Lipinski definition) is 0. The SMILES string of the molecule is O=C=O.[B].[SiH4].[SiH4]. The van der Waals surface area contributed by atoms with E-state index in [9.17, 15) is 0 Å². The van der Waals surface area contributed by atoms with Crippen LogP contribution < -0.4 is 0 Å². The highest BCUT2D eigenvalue weighted by atomic mass is 28.1. The van der Waals surface area contributed by atoms with Crippen molar-refractivity contribution in [3.05, 3.63) is 0 Å². The van der Waals surface area contributed by atoms with Gasteiger partial charge in [0.05, 0.1) is 0 Å². The van der Waals surface area contributed by atoms with Crippen LogP contribution >= 0.6 is 0 Å². The van der Waals surface area contributed by atoms with Crippen LogP contribution in [0.25, 0.3) is 0 Å². The van der Waals surface area contributed by atoms with Crippen LogP contribution in [-0.2, 0) is 9.59 Å². The molecule has 0 unspecified atom stereocenters. The number of hydrogen-bond acceptors (Lipinski definition) is 2. The molecule has 6 heavy (non-hydrogen) atoms. The molecule has 0 rings (SSSR count). The van der Waals surface area contributed by atoms with E-state index in [1.165, 1.54) is 0 Å². The van der Waals surface area contributed by atoms with E-state index in [1.54, 1.807) is 0 Å². The predicted molar refractivity (Wildman–Crippen MR) is 33.4 cm³/mol. The molecular formula is CH8BO2Si2. The molecule has 0 saturated heterocycles. The topological polar surface area (TPSA) is 34.1 Å². The zero-order valence-electron chi connectivity index (χ0n) is 1.89. The van der Waals surface area contributed by atoms with Gasteiger partial charge in [0.15, 0.2) is 0 Å². The van der Waals surface area contributed by atoms with Gasteiger partial charge in [-0.05, 0) is 21.9 Å². The fourth-order valence-corrected chi connectivity index (χ4v) is 0. The molecule has 0 spiro atoms. The van der Waals surface area contributed by atoms with Crippen molar-refractivity contribution in [1.29, 1.82) is 0 Å². The van der Waals surface area contributed by atoms with Gasteiger partial charge in [0.2, 0.25) is 0 Å². The first kappa shape index (κ1) is 39.6. The summed E-state index contributed by atoms with van der Waals surface area (Å²) in [5.41, 5.74) is 0. The highest BCUT2D eigenvalue weighted by molar-refractivity contribution is 5.76. The van der Waals surface area contributed by atoms with E-state index >= 15 is 0 Å². The molecule has 0 saturated carbocycles. The van der Waals surface area contributed by atoms with Gasteiger partial charge in [-0.15, -0.1) is 0 Å². The Bertz CT molecular complexity index is 32.5. The van der Waals surface area contributed by atoms with Crippen LogP contribution in [0, 0.1) is 0 Å². The molecule has 0 amide bonds. The molecule has 35 valence electrons. The summed E-state index contributed by atoms with van der Waals surface area (Å²) in [5, 5.41) is 0. The Labute approximate surface area is 46.9 Å². The first-order valence-electron chi connectivity index (χ1n) is 0.408. The van der Waals surface area contributed by atoms with E-state index in [2.05, 4.69) is 0 Å². The van der Waals surface area contributed by atoms with Crippen molar-refractivity contribution in [3.63, 3.8) is 0 Å². The highest BCUT2D eigenvalue weighted by Crippen LogP contribution is 0.787. The van der Waals surface area contributed by atoms with Gasteiger partial charge in [-0.1, -0.05) is 0 Å². The minimum atomic E-state index is 0. The molecule has 5 heteroatoms. The summed E-state index contributed by atoms with van der Waals surface area (Å²) < 4.78 is 0. The summed E-state index contributed by atoms with van der Waals surface area (Å²) in [7, 11) is 0. The lowest BCUT2D eigenvalue weighted by Crippen LogP contribution is -1.22. The summed E-state index contributed by atoms with van der Waals surface area (Å²) in [4.78, 5) is 16.2. The lowest BCUT2D eigenvalue weighted by atomic mass is 10.8. The monoisotopic (exact) mass is 119 g/mol. The second-order valence-corrected chi connectivity index (χ2v) is 0.0833. The van der Waals surface area contributed by atoms with Crippen LogP contribution in [-0.4, -0.2) is 36.5 Å². The van der Waals surface area contributed by atoms with E-state index in [-0.39, 0.29) is 36.5 Å². The van der Waals surface area contributed by atoms with Crippen LogP contribution in [0.1, 0.15) is 0 Å². The zero-order valence-corrected chi connectivity index (χ0v) is 1.89.